The van der Waals surface area contributed by atoms with Crippen LogP contribution in [-0.2, 0) is 24.2 Å². The molecule has 0 aromatic heterocycles. The van der Waals surface area contributed by atoms with Crippen LogP contribution in [0.3, 0.4) is 0 Å². The maximum atomic E-state index is 12.2. The number of aliphatic carboxylic acids is 2. The smallest absolute Gasteiger partial charge is 0.330 e. The molecule has 0 bridgehead atoms. The Kier molecular flexibility index (Phi) is 4.37. The van der Waals surface area contributed by atoms with Gasteiger partial charge in [-0.05, 0) is 19.4 Å². The summed E-state index contributed by atoms with van der Waals surface area (Å²) in [5, 5.41) is 22.6. The van der Waals surface area contributed by atoms with Crippen LogP contribution < -0.4 is 10.6 Å². The molecule has 0 aromatic rings. The summed E-state index contributed by atoms with van der Waals surface area (Å²) < 4.78 is 24.1. The lowest BCUT2D eigenvalue weighted by Gasteiger charge is -2.28. The van der Waals surface area contributed by atoms with E-state index in [1.807, 2.05) is 0 Å². The zero-order valence-electron chi connectivity index (χ0n) is 11.9. The van der Waals surface area contributed by atoms with Crippen molar-refractivity contribution in [2.45, 2.75) is 29.7 Å². The van der Waals surface area contributed by atoms with E-state index in [4.69, 9.17) is 5.11 Å². The van der Waals surface area contributed by atoms with Gasteiger partial charge in [-0.15, -0.1) is 12.4 Å². The Morgan fingerprint density at radius 3 is 2.30 bits per heavy atom. The summed E-state index contributed by atoms with van der Waals surface area (Å²) in [7, 11) is -3.86. The molecule has 130 valence electrons. The standard InChI is InChI=1S/C12H16N2O7S.ClH/c15-9(5-2-1-3-13-5)14-12(11(18)19)4-22(20,21)8-6(7(8)12)10(16)17;/h5-8,13H,1-4H2,(H,14,15)(H,16,17)(H,18,19);1H/t5-,6+,7+,8-,12-;/m0./s1. The van der Waals surface area contributed by atoms with Gasteiger partial charge in [-0.1, -0.05) is 0 Å². The van der Waals surface area contributed by atoms with Gasteiger partial charge in [0.1, 0.15) is 0 Å². The number of halogens is 1. The molecule has 4 N–H and O–H groups in total. The van der Waals surface area contributed by atoms with E-state index in [9.17, 15) is 27.9 Å². The second-order valence-electron chi connectivity index (χ2n) is 6.08. The molecular formula is C12H17ClN2O7S. The maximum Gasteiger partial charge on any atom is 0.330 e. The highest BCUT2D eigenvalue weighted by atomic mass is 35.5. The van der Waals surface area contributed by atoms with E-state index < -0.39 is 62.1 Å². The molecule has 3 aliphatic rings. The number of amides is 1. The van der Waals surface area contributed by atoms with E-state index in [-0.39, 0.29) is 12.4 Å². The molecule has 3 rings (SSSR count). The Morgan fingerprint density at radius 2 is 1.87 bits per heavy atom. The van der Waals surface area contributed by atoms with Gasteiger partial charge in [0.25, 0.3) is 0 Å². The zero-order valence-corrected chi connectivity index (χ0v) is 13.5. The van der Waals surface area contributed by atoms with Crippen LogP contribution in [0.2, 0.25) is 0 Å². The molecule has 23 heavy (non-hydrogen) atoms. The minimum Gasteiger partial charge on any atom is -0.481 e. The van der Waals surface area contributed by atoms with Crippen LogP contribution in [0, 0.1) is 11.8 Å². The summed E-state index contributed by atoms with van der Waals surface area (Å²) in [6.45, 7) is 0.625. The highest BCUT2D eigenvalue weighted by Crippen LogP contribution is 2.57. The van der Waals surface area contributed by atoms with Crippen molar-refractivity contribution in [3.8, 4) is 0 Å². The van der Waals surface area contributed by atoms with Crippen LogP contribution in [0.4, 0.5) is 0 Å². The first-order chi connectivity index (χ1) is 10.2. The summed E-state index contributed by atoms with van der Waals surface area (Å²) >= 11 is 0. The average Bonchev–Trinajstić information content (AvgIpc) is 2.86. The van der Waals surface area contributed by atoms with Gasteiger partial charge < -0.3 is 20.8 Å². The van der Waals surface area contributed by atoms with Crippen LogP contribution in [-0.4, -0.2) is 65.6 Å². The van der Waals surface area contributed by atoms with Gasteiger partial charge in [-0.2, -0.15) is 0 Å². The van der Waals surface area contributed by atoms with Crippen LogP contribution >= 0.6 is 12.4 Å². The highest BCUT2D eigenvalue weighted by Gasteiger charge is 2.79. The first kappa shape index (κ1) is 18.0. The number of hydrogen-bond acceptors (Lipinski definition) is 6. The summed E-state index contributed by atoms with van der Waals surface area (Å²) in [4.78, 5) is 35.0. The van der Waals surface area contributed by atoms with Crippen molar-refractivity contribution < 1.29 is 33.0 Å². The number of carboxylic acids is 2. The summed E-state index contributed by atoms with van der Waals surface area (Å²) in [5.41, 5.74) is -2.05. The molecule has 9 nitrogen and oxygen atoms in total. The molecular weight excluding hydrogens is 352 g/mol. The number of carbonyl (C=O) groups is 3. The minimum absolute atomic E-state index is 0. The molecule has 0 aromatic carbocycles. The van der Waals surface area contributed by atoms with Crippen LogP contribution in [0.25, 0.3) is 0 Å². The topological polar surface area (TPSA) is 150 Å². The molecule has 1 amide bonds. The van der Waals surface area contributed by atoms with Gasteiger partial charge in [0, 0.05) is 5.92 Å². The Morgan fingerprint density at radius 1 is 1.22 bits per heavy atom. The molecule has 11 heteroatoms. The van der Waals surface area contributed by atoms with Crippen molar-refractivity contribution in [1.29, 1.82) is 0 Å². The molecule has 2 aliphatic heterocycles. The molecule has 5 atom stereocenters. The van der Waals surface area contributed by atoms with Gasteiger partial charge in [0.05, 0.1) is 23.0 Å². The SMILES string of the molecule is Cl.O=C(O)[C@@H]1[C@@H]2[C@H]1S(=O)(=O)C[C@@]2(NC(=O)[C@@H]1CCCN1)C(=O)O. The third-order valence-electron chi connectivity index (χ3n) is 4.76. The third kappa shape index (κ3) is 2.58. The normalized spacial score (nSPS) is 39.8. The van der Waals surface area contributed by atoms with E-state index in [0.717, 1.165) is 6.42 Å². The molecule has 3 fully saturated rings. The summed E-state index contributed by atoms with van der Waals surface area (Å²) in [6, 6.07) is -0.569. The van der Waals surface area contributed by atoms with E-state index in [0.29, 0.717) is 13.0 Å². The molecule has 1 saturated carbocycles. The minimum atomic E-state index is -3.86. The number of rotatable bonds is 4. The number of fused-ring (bicyclic) bond motifs is 1. The predicted octanol–water partition coefficient (Wildman–Crippen LogP) is -1.77. The fraction of sp³-hybridized carbons (Fsp3) is 0.750. The number of nitrogens with one attached hydrogen (secondary N) is 2. The van der Waals surface area contributed by atoms with Crippen LogP contribution in [0.15, 0.2) is 0 Å². The van der Waals surface area contributed by atoms with Crippen molar-refractivity contribution in [3.05, 3.63) is 0 Å². The lowest BCUT2D eigenvalue weighted by molar-refractivity contribution is -0.148. The number of carbonyl (C=O) groups excluding carboxylic acids is 1. The van der Waals surface area contributed by atoms with Gasteiger partial charge >= 0.3 is 11.9 Å². The second kappa shape index (κ2) is 5.60. The third-order valence-corrected chi connectivity index (χ3v) is 7.03. The lowest BCUT2D eigenvalue weighted by Crippen LogP contribution is -2.61. The molecule has 0 unspecified atom stereocenters. The largest absolute Gasteiger partial charge is 0.481 e. The number of hydrogen-bond donors (Lipinski definition) is 4. The fourth-order valence-electron chi connectivity index (χ4n) is 3.71. The Balaban J connectivity index is 0.00000192. The van der Waals surface area contributed by atoms with E-state index in [1.165, 1.54) is 0 Å². The van der Waals surface area contributed by atoms with Gasteiger partial charge in [0.15, 0.2) is 15.4 Å². The Hall–Kier alpha value is -1.39. The Labute approximate surface area is 138 Å². The van der Waals surface area contributed by atoms with Crippen LogP contribution in [0.1, 0.15) is 12.8 Å². The van der Waals surface area contributed by atoms with Crippen molar-refractivity contribution >= 4 is 40.1 Å². The fourth-order valence-corrected chi connectivity index (χ4v) is 6.42. The molecule has 1 aliphatic carbocycles. The monoisotopic (exact) mass is 368 g/mol. The number of sulfone groups is 1. The van der Waals surface area contributed by atoms with E-state index >= 15 is 0 Å². The summed E-state index contributed by atoms with van der Waals surface area (Å²) in [5.74, 6) is -6.58. The Bertz CT molecular complexity index is 660. The zero-order chi connectivity index (χ0) is 16.3. The van der Waals surface area contributed by atoms with Gasteiger partial charge in [0.2, 0.25) is 5.91 Å². The van der Waals surface area contributed by atoms with Gasteiger partial charge in [-0.25, -0.2) is 13.2 Å². The number of carboxylic acid groups (broad SMARTS) is 2. The van der Waals surface area contributed by atoms with E-state index in [1.54, 1.807) is 0 Å². The quantitative estimate of drug-likeness (QED) is 0.455. The molecule has 2 heterocycles. The molecule has 2 saturated heterocycles. The highest BCUT2D eigenvalue weighted by molar-refractivity contribution is 7.92. The lowest BCUT2D eigenvalue weighted by atomic mass is 9.93. The predicted molar refractivity (Wildman–Crippen MR) is 79.0 cm³/mol. The average molecular weight is 369 g/mol. The van der Waals surface area contributed by atoms with Gasteiger partial charge in [-0.3, -0.25) is 9.59 Å². The van der Waals surface area contributed by atoms with Crippen molar-refractivity contribution in [3.63, 3.8) is 0 Å². The first-order valence-corrected chi connectivity index (χ1v) is 8.65. The van der Waals surface area contributed by atoms with E-state index in [2.05, 4.69) is 10.6 Å². The van der Waals surface area contributed by atoms with Crippen molar-refractivity contribution in [2.24, 2.45) is 11.8 Å². The first-order valence-electron chi connectivity index (χ1n) is 6.94. The molecule has 0 spiro atoms. The second-order valence-corrected chi connectivity index (χ2v) is 8.24. The van der Waals surface area contributed by atoms with Crippen molar-refractivity contribution in [2.75, 3.05) is 12.3 Å². The molecule has 0 radical (unpaired) electrons. The van der Waals surface area contributed by atoms with Crippen LogP contribution in [0.5, 0.6) is 0 Å². The van der Waals surface area contributed by atoms with Crippen molar-refractivity contribution in [1.82, 2.24) is 10.6 Å². The maximum absolute atomic E-state index is 12.2. The summed E-state index contributed by atoms with van der Waals surface area (Å²) in [6.07, 6.45) is 1.30.